The molecule has 0 aliphatic carbocycles. The molecule has 2 fully saturated rings. The van der Waals surface area contributed by atoms with Crippen molar-refractivity contribution in [2.45, 2.75) is 39.2 Å². The first-order valence-electron chi connectivity index (χ1n) is 7.71. The van der Waals surface area contributed by atoms with E-state index >= 15 is 0 Å². The van der Waals surface area contributed by atoms with Crippen molar-refractivity contribution < 1.29 is 4.79 Å². The molecule has 3 rings (SSSR count). The molecular weight excluding hydrogens is 248 g/mol. The van der Waals surface area contributed by atoms with Crippen LogP contribution in [0.5, 0.6) is 0 Å². The van der Waals surface area contributed by atoms with E-state index in [1.54, 1.807) is 0 Å². The van der Waals surface area contributed by atoms with Gasteiger partial charge < -0.3 is 10.2 Å². The molecule has 3 nitrogen and oxygen atoms in total. The van der Waals surface area contributed by atoms with E-state index in [4.69, 9.17) is 0 Å². The zero-order chi connectivity index (χ0) is 14.1. The maximum Gasteiger partial charge on any atom is 0.227 e. The van der Waals surface area contributed by atoms with Gasteiger partial charge in [-0.1, -0.05) is 18.2 Å². The highest BCUT2D eigenvalue weighted by molar-refractivity contribution is 5.79. The predicted molar refractivity (Wildman–Crippen MR) is 80.7 cm³/mol. The monoisotopic (exact) mass is 272 g/mol. The van der Waals surface area contributed by atoms with E-state index in [9.17, 15) is 4.79 Å². The van der Waals surface area contributed by atoms with Crippen LogP contribution in [0.2, 0.25) is 0 Å². The van der Waals surface area contributed by atoms with Crippen molar-refractivity contribution in [3.8, 4) is 0 Å². The first-order valence-corrected chi connectivity index (χ1v) is 7.71. The molecule has 2 unspecified atom stereocenters. The number of hydrogen-bond acceptors (Lipinski definition) is 2. The van der Waals surface area contributed by atoms with Crippen molar-refractivity contribution in [2.75, 3.05) is 19.6 Å². The summed E-state index contributed by atoms with van der Waals surface area (Å²) in [6.07, 6.45) is 2.97. The molecule has 0 bridgehead atoms. The molecule has 2 atom stereocenters. The van der Waals surface area contributed by atoms with Crippen LogP contribution in [0.15, 0.2) is 18.2 Å². The number of benzene rings is 1. The van der Waals surface area contributed by atoms with E-state index in [1.807, 2.05) is 0 Å². The van der Waals surface area contributed by atoms with Gasteiger partial charge in [-0.2, -0.15) is 0 Å². The predicted octanol–water partition coefficient (Wildman–Crippen LogP) is 2.06. The fraction of sp³-hybridized carbons (Fsp3) is 0.588. The van der Waals surface area contributed by atoms with E-state index in [0.29, 0.717) is 24.3 Å². The summed E-state index contributed by atoms with van der Waals surface area (Å²) >= 11 is 0. The molecule has 0 spiro atoms. The standard InChI is InChI=1S/C17H24N2O/c1-12-5-6-14(8-13(12)2)9-17(20)19-7-3-4-15-10-18-11-16(15)19/h5-6,8,15-16,18H,3-4,7,9-11H2,1-2H3. The van der Waals surface area contributed by atoms with Crippen molar-refractivity contribution in [1.82, 2.24) is 10.2 Å². The van der Waals surface area contributed by atoms with Crippen LogP contribution in [-0.2, 0) is 11.2 Å². The van der Waals surface area contributed by atoms with Crippen LogP contribution in [0, 0.1) is 19.8 Å². The van der Waals surface area contributed by atoms with Gasteiger partial charge in [0.05, 0.1) is 6.42 Å². The molecule has 3 heteroatoms. The Kier molecular flexibility index (Phi) is 3.79. The maximum absolute atomic E-state index is 12.6. The molecule has 108 valence electrons. The average molecular weight is 272 g/mol. The minimum Gasteiger partial charge on any atom is -0.338 e. The van der Waals surface area contributed by atoms with Crippen LogP contribution < -0.4 is 5.32 Å². The number of amides is 1. The molecule has 2 heterocycles. The highest BCUT2D eigenvalue weighted by Gasteiger charge is 2.36. The lowest BCUT2D eigenvalue weighted by atomic mass is 9.91. The number of carbonyl (C=O) groups is 1. The Morgan fingerprint density at radius 2 is 2.15 bits per heavy atom. The summed E-state index contributed by atoms with van der Waals surface area (Å²) in [7, 11) is 0. The Morgan fingerprint density at radius 1 is 1.30 bits per heavy atom. The molecule has 1 amide bonds. The number of aryl methyl sites for hydroxylation is 2. The third-order valence-corrected chi connectivity index (χ3v) is 4.93. The molecule has 0 saturated carbocycles. The fourth-order valence-corrected chi connectivity index (χ4v) is 3.57. The largest absolute Gasteiger partial charge is 0.338 e. The van der Waals surface area contributed by atoms with E-state index < -0.39 is 0 Å². The molecule has 2 saturated heterocycles. The van der Waals surface area contributed by atoms with Gasteiger partial charge in [0.1, 0.15) is 0 Å². The van der Waals surface area contributed by atoms with E-state index in [0.717, 1.165) is 31.6 Å². The minimum atomic E-state index is 0.298. The maximum atomic E-state index is 12.6. The quantitative estimate of drug-likeness (QED) is 0.894. The molecule has 0 radical (unpaired) electrons. The Labute approximate surface area is 121 Å². The normalized spacial score (nSPS) is 25.6. The molecule has 0 aromatic heterocycles. The zero-order valence-electron chi connectivity index (χ0n) is 12.5. The van der Waals surface area contributed by atoms with Gasteiger partial charge in [-0.05, 0) is 49.3 Å². The van der Waals surface area contributed by atoms with Crippen molar-refractivity contribution >= 4 is 5.91 Å². The summed E-state index contributed by atoms with van der Waals surface area (Å²) < 4.78 is 0. The Hall–Kier alpha value is -1.35. The first kappa shape index (κ1) is 13.6. The highest BCUT2D eigenvalue weighted by atomic mass is 16.2. The Morgan fingerprint density at radius 3 is 2.95 bits per heavy atom. The molecule has 20 heavy (non-hydrogen) atoms. The summed E-state index contributed by atoms with van der Waals surface area (Å²) in [4.78, 5) is 14.7. The molecule has 1 aromatic rings. The molecule has 2 aliphatic rings. The van der Waals surface area contributed by atoms with Crippen LogP contribution in [-0.4, -0.2) is 36.5 Å². The molecule has 1 N–H and O–H groups in total. The van der Waals surface area contributed by atoms with Crippen LogP contribution in [0.1, 0.15) is 29.5 Å². The summed E-state index contributed by atoms with van der Waals surface area (Å²) in [5, 5.41) is 3.44. The number of hydrogen-bond donors (Lipinski definition) is 1. The van der Waals surface area contributed by atoms with Gasteiger partial charge in [-0.25, -0.2) is 0 Å². The summed E-state index contributed by atoms with van der Waals surface area (Å²) in [5.74, 6) is 0.971. The van der Waals surface area contributed by atoms with Gasteiger partial charge in [0, 0.05) is 25.7 Å². The van der Waals surface area contributed by atoms with E-state index in [1.165, 1.54) is 17.5 Å². The molecule has 1 aromatic carbocycles. The topological polar surface area (TPSA) is 32.3 Å². The number of nitrogens with zero attached hydrogens (tertiary/aromatic N) is 1. The number of carbonyl (C=O) groups excluding carboxylic acids is 1. The third-order valence-electron chi connectivity index (χ3n) is 4.93. The van der Waals surface area contributed by atoms with Crippen LogP contribution >= 0.6 is 0 Å². The van der Waals surface area contributed by atoms with E-state index in [-0.39, 0.29) is 0 Å². The lowest BCUT2D eigenvalue weighted by molar-refractivity contribution is -0.134. The Bertz CT molecular complexity index is 512. The van der Waals surface area contributed by atoms with Gasteiger partial charge >= 0.3 is 0 Å². The smallest absolute Gasteiger partial charge is 0.227 e. The van der Waals surface area contributed by atoms with Gasteiger partial charge in [-0.3, -0.25) is 4.79 Å². The van der Waals surface area contributed by atoms with E-state index in [2.05, 4.69) is 42.3 Å². The second kappa shape index (κ2) is 5.57. The average Bonchev–Trinajstić information content (AvgIpc) is 2.91. The fourth-order valence-electron chi connectivity index (χ4n) is 3.57. The highest BCUT2D eigenvalue weighted by Crippen LogP contribution is 2.27. The number of fused-ring (bicyclic) bond motifs is 1. The molecular formula is C17H24N2O. The van der Waals surface area contributed by atoms with Crippen molar-refractivity contribution in [1.29, 1.82) is 0 Å². The summed E-state index contributed by atoms with van der Waals surface area (Å²) in [6, 6.07) is 6.80. The third kappa shape index (κ3) is 2.59. The second-order valence-corrected chi connectivity index (χ2v) is 6.31. The minimum absolute atomic E-state index is 0.298. The van der Waals surface area contributed by atoms with Crippen molar-refractivity contribution in [2.24, 2.45) is 5.92 Å². The van der Waals surface area contributed by atoms with Gasteiger partial charge in [-0.15, -0.1) is 0 Å². The SMILES string of the molecule is Cc1ccc(CC(=O)N2CCCC3CNCC32)cc1C. The number of nitrogens with one attached hydrogen (secondary N) is 1. The summed E-state index contributed by atoms with van der Waals surface area (Å²) in [6.45, 7) is 7.22. The number of piperidine rings is 1. The van der Waals surface area contributed by atoms with Crippen LogP contribution in [0.3, 0.4) is 0 Å². The van der Waals surface area contributed by atoms with Gasteiger partial charge in [0.15, 0.2) is 0 Å². The second-order valence-electron chi connectivity index (χ2n) is 6.31. The zero-order valence-corrected chi connectivity index (χ0v) is 12.5. The lowest BCUT2D eigenvalue weighted by Gasteiger charge is -2.37. The van der Waals surface area contributed by atoms with Crippen LogP contribution in [0.25, 0.3) is 0 Å². The first-order chi connectivity index (χ1) is 9.65. The molecule has 2 aliphatic heterocycles. The lowest BCUT2D eigenvalue weighted by Crippen LogP contribution is -2.48. The Balaban J connectivity index is 1.70. The summed E-state index contributed by atoms with van der Waals surface area (Å²) in [5.41, 5.74) is 3.71. The van der Waals surface area contributed by atoms with Crippen molar-refractivity contribution in [3.05, 3.63) is 34.9 Å². The number of rotatable bonds is 2. The van der Waals surface area contributed by atoms with Crippen LogP contribution in [0.4, 0.5) is 0 Å². The number of likely N-dealkylation sites (tertiary alicyclic amines) is 1. The van der Waals surface area contributed by atoms with Gasteiger partial charge in [0.25, 0.3) is 0 Å². The van der Waals surface area contributed by atoms with Gasteiger partial charge in [0.2, 0.25) is 5.91 Å². The van der Waals surface area contributed by atoms with Crippen molar-refractivity contribution in [3.63, 3.8) is 0 Å².